The van der Waals surface area contributed by atoms with E-state index in [1.165, 1.54) is 10.9 Å². The van der Waals surface area contributed by atoms with Crippen LogP contribution in [0, 0.1) is 0 Å². The topological polar surface area (TPSA) is 58.9 Å². The van der Waals surface area contributed by atoms with E-state index in [0.29, 0.717) is 12.8 Å². The molecule has 0 atom stereocenters. The number of aromatic nitrogens is 4. The van der Waals surface area contributed by atoms with Crippen LogP contribution in [0.5, 0.6) is 0 Å². The van der Waals surface area contributed by atoms with Gasteiger partial charge in [0, 0.05) is 56.3 Å². The van der Waals surface area contributed by atoms with E-state index < -0.39 is 5.67 Å². The summed E-state index contributed by atoms with van der Waals surface area (Å²) < 4.78 is 15.7. The van der Waals surface area contributed by atoms with Crippen molar-refractivity contribution in [2.75, 3.05) is 36.6 Å². The van der Waals surface area contributed by atoms with Crippen molar-refractivity contribution in [1.82, 2.24) is 19.5 Å². The summed E-state index contributed by atoms with van der Waals surface area (Å²) in [6, 6.07) is 12.6. The largest absolute Gasteiger partial charge is 0.373 e. The maximum absolute atomic E-state index is 13.7. The summed E-state index contributed by atoms with van der Waals surface area (Å²) in [5, 5.41) is 5.37. The van der Waals surface area contributed by atoms with Crippen molar-refractivity contribution in [3.8, 4) is 11.3 Å². The van der Waals surface area contributed by atoms with Gasteiger partial charge in [0.2, 0.25) is 0 Å². The lowest BCUT2D eigenvalue weighted by Crippen LogP contribution is -2.40. The number of hydrogen-bond acceptors (Lipinski definition) is 6. The van der Waals surface area contributed by atoms with Crippen LogP contribution in [0.1, 0.15) is 25.3 Å². The molecule has 1 N–H and O–H groups in total. The highest BCUT2D eigenvalue weighted by atomic mass is 32.2. The number of rotatable bonds is 5. The van der Waals surface area contributed by atoms with Gasteiger partial charge in [-0.25, -0.2) is 19.3 Å². The van der Waals surface area contributed by atoms with Crippen LogP contribution in [0.4, 0.5) is 16.0 Å². The molecule has 0 saturated carbocycles. The van der Waals surface area contributed by atoms with Gasteiger partial charge in [-0.2, -0.15) is 11.8 Å². The van der Waals surface area contributed by atoms with E-state index >= 15 is 0 Å². The second kappa shape index (κ2) is 11.1. The minimum absolute atomic E-state index is 0.599. The van der Waals surface area contributed by atoms with Gasteiger partial charge in [-0.05, 0) is 61.2 Å². The first-order chi connectivity index (χ1) is 16.9. The number of anilines is 2. The molecular formula is C27H33FN6S. The van der Waals surface area contributed by atoms with Gasteiger partial charge in [-0.3, -0.25) is 0 Å². The first-order valence-electron chi connectivity index (χ1n) is 11.8. The smallest absolute Gasteiger partial charge is 0.128 e. The fraction of sp³-hybridized carbons (Fsp3) is 0.370. The molecule has 4 heterocycles. The third kappa shape index (κ3) is 6.31. The average Bonchev–Trinajstić information content (AvgIpc) is 3.30. The molecule has 0 radical (unpaired) electrons. The molecule has 1 aliphatic rings. The number of pyridine rings is 2. The van der Waals surface area contributed by atoms with E-state index in [2.05, 4.69) is 61.8 Å². The lowest BCUT2D eigenvalue weighted by atomic mass is 9.96. The zero-order valence-corrected chi connectivity index (χ0v) is 21.6. The summed E-state index contributed by atoms with van der Waals surface area (Å²) in [6.07, 6.45) is 10.7. The second-order valence-corrected chi connectivity index (χ2v) is 9.99. The van der Waals surface area contributed by atoms with Gasteiger partial charge in [0.05, 0.1) is 18.2 Å². The molecule has 5 rings (SSSR count). The predicted molar refractivity (Wildman–Crippen MR) is 146 cm³/mol. The Morgan fingerprint density at radius 3 is 2.54 bits per heavy atom. The summed E-state index contributed by atoms with van der Waals surface area (Å²) in [6.45, 7) is 3.23. The van der Waals surface area contributed by atoms with E-state index in [1.54, 1.807) is 18.7 Å². The monoisotopic (exact) mass is 492 g/mol. The molecule has 0 aliphatic carbocycles. The van der Waals surface area contributed by atoms with E-state index in [-0.39, 0.29) is 0 Å². The first-order valence-corrected chi connectivity index (χ1v) is 13.2. The molecule has 1 fully saturated rings. The van der Waals surface area contributed by atoms with Crippen molar-refractivity contribution in [1.29, 1.82) is 0 Å². The number of fused-ring (bicyclic) bond motifs is 1. The number of aryl methyl sites for hydroxylation is 1. The van der Waals surface area contributed by atoms with Crippen molar-refractivity contribution in [2.45, 2.75) is 31.2 Å². The lowest BCUT2D eigenvalue weighted by molar-refractivity contribution is 0.149. The predicted octanol–water partition coefficient (Wildman–Crippen LogP) is 5.95. The molecule has 1 saturated heterocycles. The number of nitrogens with zero attached hydrogens (tertiary/aromatic N) is 5. The maximum Gasteiger partial charge on any atom is 0.128 e. The first kappa shape index (κ1) is 25.0. The quantitative estimate of drug-likeness (QED) is 0.372. The van der Waals surface area contributed by atoms with Crippen molar-refractivity contribution >= 4 is 34.2 Å². The summed E-state index contributed by atoms with van der Waals surface area (Å²) in [4.78, 5) is 15.0. The summed E-state index contributed by atoms with van der Waals surface area (Å²) in [5.41, 5.74) is 2.57. The van der Waals surface area contributed by atoms with Gasteiger partial charge in [0.1, 0.15) is 17.3 Å². The molecule has 0 bridgehead atoms. The minimum atomic E-state index is -0.993. The second-order valence-electron chi connectivity index (χ2n) is 9.13. The number of benzene rings is 1. The zero-order chi connectivity index (χ0) is 24.8. The summed E-state index contributed by atoms with van der Waals surface area (Å²) >= 11 is 1.80. The van der Waals surface area contributed by atoms with E-state index in [9.17, 15) is 4.39 Å². The lowest BCUT2D eigenvalue weighted by Gasteiger charge is -2.35. The number of imidazole rings is 1. The van der Waals surface area contributed by atoms with Crippen LogP contribution in [-0.4, -0.2) is 51.6 Å². The molecule has 35 heavy (non-hydrogen) atoms. The Morgan fingerprint density at radius 2 is 1.86 bits per heavy atom. The molecule has 6 nitrogen and oxygen atoms in total. The van der Waals surface area contributed by atoms with Gasteiger partial charge in [-0.15, -0.1) is 0 Å². The van der Waals surface area contributed by atoms with Crippen LogP contribution in [-0.2, 0) is 12.8 Å². The number of halogens is 1. The average molecular weight is 493 g/mol. The third-order valence-electron chi connectivity index (χ3n) is 6.34. The number of piperidine rings is 1. The third-order valence-corrected chi connectivity index (χ3v) is 6.96. The van der Waals surface area contributed by atoms with Gasteiger partial charge < -0.3 is 14.8 Å². The molecule has 3 aromatic heterocycles. The number of thioether (sulfide) groups is 1. The normalized spacial score (nSPS) is 14.9. The maximum atomic E-state index is 13.7. The Kier molecular flexibility index (Phi) is 7.90. The van der Waals surface area contributed by atoms with Crippen molar-refractivity contribution in [3.63, 3.8) is 0 Å². The van der Waals surface area contributed by atoms with Gasteiger partial charge >= 0.3 is 0 Å². The molecule has 1 aromatic carbocycles. The summed E-state index contributed by atoms with van der Waals surface area (Å²) in [5.74, 6) is 2.88. The van der Waals surface area contributed by atoms with Crippen LogP contribution in [0.2, 0.25) is 0 Å². The van der Waals surface area contributed by atoms with E-state index in [0.717, 1.165) is 47.1 Å². The van der Waals surface area contributed by atoms with Crippen LogP contribution < -0.4 is 10.2 Å². The van der Waals surface area contributed by atoms with Crippen LogP contribution in [0.3, 0.4) is 0 Å². The molecule has 1 aliphatic heterocycles. The van der Waals surface area contributed by atoms with E-state index in [4.69, 9.17) is 0 Å². The van der Waals surface area contributed by atoms with Crippen molar-refractivity contribution in [2.24, 2.45) is 7.05 Å². The Bertz CT molecular complexity index is 1260. The highest BCUT2D eigenvalue weighted by Crippen LogP contribution is 2.28. The zero-order valence-electron chi connectivity index (χ0n) is 20.8. The van der Waals surface area contributed by atoms with Crippen molar-refractivity contribution < 1.29 is 4.39 Å². The van der Waals surface area contributed by atoms with Gasteiger partial charge in [0.25, 0.3) is 0 Å². The molecule has 184 valence electrons. The number of nitrogens with one attached hydrogen (secondary N) is 1. The SMILES string of the molecule is CNc1cc2cc(-c3cncn3C)ccc2cn1.CSCc1ccnc(N2CCC(C)(F)CC2)c1. The Labute approximate surface area is 211 Å². The molecular weight excluding hydrogens is 459 g/mol. The Hall–Kier alpha value is -3.13. The number of hydrogen-bond donors (Lipinski definition) is 1. The Balaban J connectivity index is 0.000000165. The molecule has 8 heteroatoms. The minimum Gasteiger partial charge on any atom is -0.373 e. The molecule has 0 spiro atoms. The molecule has 4 aromatic rings. The molecule has 0 amide bonds. The number of alkyl halides is 1. The van der Waals surface area contributed by atoms with Gasteiger partial charge in [-0.1, -0.05) is 12.1 Å². The van der Waals surface area contributed by atoms with Crippen LogP contribution in [0.15, 0.2) is 61.3 Å². The fourth-order valence-corrected chi connectivity index (χ4v) is 4.68. The Morgan fingerprint density at radius 1 is 1.06 bits per heavy atom. The highest BCUT2D eigenvalue weighted by Gasteiger charge is 2.29. The van der Waals surface area contributed by atoms with Crippen LogP contribution in [0.25, 0.3) is 22.0 Å². The summed E-state index contributed by atoms with van der Waals surface area (Å²) in [7, 11) is 3.87. The van der Waals surface area contributed by atoms with Gasteiger partial charge in [0.15, 0.2) is 0 Å². The highest BCUT2D eigenvalue weighted by molar-refractivity contribution is 7.97. The van der Waals surface area contributed by atoms with Crippen LogP contribution >= 0.6 is 11.8 Å². The fourth-order valence-electron chi connectivity index (χ4n) is 4.16. The van der Waals surface area contributed by atoms with Crippen molar-refractivity contribution in [3.05, 3.63) is 66.9 Å². The van der Waals surface area contributed by atoms with E-state index in [1.807, 2.05) is 49.6 Å². The molecule has 0 unspecified atom stereocenters. The standard InChI is InChI=1S/C14H14N4.C13H19FN2S/c1-15-14-6-12-5-10(3-4-11(12)7-17-14)13-8-16-9-18(13)2;1-13(14)4-7-16(8-5-13)12-9-11(10-17-2)3-6-15-12/h3-9H,1-2H3,(H,15,17);3,6,9H,4-5,7-8,10H2,1-2H3.